The molecular formula is C26H25BrO3S. The smallest absolute Gasteiger partial charge is 0.336 e. The minimum absolute atomic E-state index is 0.327. The third-order valence-electron chi connectivity index (χ3n) is 3.98. The van der Waals surface area contributed by atoms with Crippen molar-refractivity contribution in [2.45, 2.75) is 24.2 Å². The van der Waals surface area contributed by atoms with Gasteiger partial charge in [0.2, 0.25) is 0 Å². The summed E-state index contributed by atoms with van der Waals surface area (Å²) in [5.41, 5.74) is 0.327. The number of rotatable bonds is 11. The summed E-state index contributed by atoms with van der Waals surface area (Å²) >= 11 is 4.91. The number of carbonyl (C=O) groups is 1. The average molecular weight is 497 g/mol. The zero-order valence-electron chi connectivity index (χ0n) is 17.2. The molecule has 5 heteroatoms. The van der Waals surface area contributed by atoms with Crippen molar-refractivity contribution in [3.63, 3.8) is 0 Å². The van der Waals surface area contributed by atoms with Crippen molar-refractivity contribution in [3.05, 3.63) is 95.0 Å². The molecular weight excluding hydrogens is 472 g/mol. The summed E-state index contributed by atoms with van der Waals surface area (Å²) < 4.78 is 6.63. The fourth-order valence-corrected chi connectivity index (χ4v) is 3.67. The third kappa shape index (κ3) is 10.3. The summed E-state index contributed by atoms with van der Waals surface area (Å²) in [6.07, 6.45) is 15.0. The molecule has 0 spiro atoms. The van der Waals surface area contributed by atoms with Crippen molar-refractivity contribution in [1.29, 1.82) is 0 Å². The minimum Gasteiger partial charge on any atom is -0.488 e. The number of benzene rings is 2. The van der Waals surface area contributed by atoms with Crippen LogP contribution in [0.1, 0.15) is 29.6 Å². The van der Waals surface area contributed by atoms with Gasteiger partial charge in [-0.25, -0.2) is 4.79 Å². The molecule has 0 heterocycles. The van der Waals surface area contributed by atoms with E-state index in [9.17, 15) is 4.79 Å². The lowest BCUT2D eigenvalue weighted by atomic mass is 10.2. The number of aromatic carboxylic acids is 1. The number of allylic oxidation sites excluding steroid dienone is 5. The van der Waals surface area contributed by atoms with Crippen molar-refractivity contribution in [3.8, 4) is 17.6 Å². The molecule has 1 N–H and O–H groups in total. The van der Waals surface area contributed by atoms with Gasteiger partial charge in [-0.15, -0.1) is 11.8 Å². The number of carboxylic acid groups (broad SMARTS) is 1. The summed E-state index contributed by atoms with van der Waals surface area (Å²) in [6, 6.07) is 14.8. The Bertz CT molecular complexity index is 983. The molecule has 2 rings (SSSR count). The predicted molar refractivity (Wildman–Crippen MR) is 133 cm³/mol. The molecule has 31 heavy (non-hydrogen) atoms. The molecule has 0 fully saturated rings. The number of carboxylic acids is 1. The molecule has 0 aromatic heterocycles. The second-order valence-corrected chi connectivity index (χ2v) is 8.15. The number of hydrogen-bond acceptors (Lipinski definition) is 3. The lowest BCUT2D eigenvalue weighted by Crippen LogP contribution is -1.98. The summed E-state index contributed by atoms with van der Waals surface area (Å²) in [5, 5.41) is 9.16. The van der Waals surface area contributed by atoms with Crippen molar-refractivity contribution in [1.82, 2.24) is 0 Å². The Kier molecular flexibility index (Phi) is 12.0. The second-order valence-electron chi connectivity index (χ2n) is 6.27. The molecule has 0 saturated heterocycles. The van der Waals surface area contributed by atoms with Gasteiger partial charge in [-0.1, -0.05) is 72.6 Å². The maximum atomic E-state index is 11.2. The first-order valence-corrected chi connectivity index (χ1v) is 11.7. The van der Waals surface area contributed by atoms with Gasteiger partial charge in [0, 0.05) is 11.3 Å². The van der Waals surface area contributed by atoms with Crippen LogP contribution >= 0.6 is 27.7 Å². The number of ether oxygens (including phenoxy) is 1. The Morgan fingerprint density at radius 1 is 0.935 bits per heavy atom. The van der Waals surface area contributed by atoms with Crippen LogP contribution in [-0.2, 0) is 0 Å². The van der Waals surface area contributed by atoms with Gasteiger partial charge in [-0.05, 0) is 53.0 Å². The van der Waals surface area contributed by atoms with Crippen LogP contribution in [0.15, 0.2) is 94.4 Å². The van der Waals surface area contributed by atoms with Crippen LogP contribution in [-0.4, -0.2) is 23.4 Å². The van der Waals surface area contributed by atoms with E-state index in [2.05, 4.69) is 58.2 Å². The Labute approximate surface area is 197 Å². The Balaban J connectivity index is 1.54. The normalized spacial score (nSPS) is 11.1. The second kappa shape index (κ2) is 15.2. The highest BCUT2D eigenvalue weighted by Gasteiger charge is 2.08. The van der Waals surface area contributed by atoms with Gasteiger partial charge in [0.15, 0.2) is 0 Å². The molecule has 0 bridgehead atoms. The highest BCUT2D eigenvalue weighted by molar-refractivity contribution is 9.10. The molecule has 0 radical (unpaired) electrons. The molecule has 0 aliphatic carbocycles. The predicted octanol–water partition coefficient (Wildman–Crippen LogP) is 7.16. The SMILES string of the molecule is O=C(O)c1ccccc1SCC#CCC=CCC=CCC=CCOc1ccccc1Br. The maximum Gasteiger partial charge on any atom is 0.336 e. The van der Waals surface area contributed by atoms with Gasteiger partial charge < -0.3 is 9.84 Å². The van der Waals surface area contributed by atoms with Gasteiger partial charge in [0.05, 0.1) is 15.8 Å². The van der Waals surface area contributed by atoms with Crippen LogP contribution in [0.25, 0.3) is 0 Å². The van der Waals surface area contributed by atoms with E-state index < -0.39 is 5.97 Å². The Hall–Kier alpha value is -2.68. The summed E-state index contributed by atoms with van der Waals surface area (Å²) in [5.74, 6) is 6.68. The highest BCUT2D eigenvalue weighted by Crippen LogP contribution is 2.23. The van der Waals surface area contributed by atoms with Crippen molar-refractivity contribution in [2.24, 2.45) is 0 Å². The topological polar surface area (TPSA) is 46.5 Å². The molecule has 0 atom stereocenters. The lowest BCUT2D eigenvalue weighted by Gasteiger charge is -2.04. The van der Waals surface area contributed by atoms with E-state index in [1.54, 1.807) is 12.1 Å². The van der Waals surface area contributed by atoms with Crippen molar-refractivity contribution in [2.75, 3.05) is 12.4 Å². The number of thioether (sulfide) groups is 1. The quantitative estimate of drug-likeness (QED) is 0.203. The molecule has 0 amide bonds. The first kappa shape index (κ1) is 24.6. The van der Waals surface area contributed by atoms with Gasteiger partial charge in [0.25, 0.3) is 0 Å². The van der Waals surface area contributed by atoms with Crippen LogP contribution in [0.2, 0.25) is 0 Å². The third-order valence-corrected chi connectivity index (χ3v) is 5.59. The van der Waals surface area contributed by atoms with Crippen LogP contribution in [0.3, 0.4) is 0 Å². The summed E-state index contributed by atoms with van der Waals surface area (Å²) in [7, 11) is 0. The van der Waals surface area contributed by atoms with E-state index in [4.69, 9.17) is 9.84 Å². The number of hydrogen-bond donors (Lipinski definition) is 1. The van der Waals surface area contributed by atoms with Gasteiger partial charge in [-0.2, -0.15) is 0 Å². The first-order chi connectivity index (χ1) is 15.2. The number of para-hydroxylation sites is 1. The summed E-state index contributed by atoms with van der Waals surface area (Å²) in [6.45, 7) is 0.551. The molecule has 160 valence electrons. The van der Waals surface area contributed by atoms with Crippen LogP contribution < -0.4 is 4.74 Å². The molecule has 0 aliphatic rings. The van der Waals surface area contributed by atoms with Gasteiger partial charge in [-0.3, -0.25) is 0 Å². The van der Waals surface area contributed by atoms with Crippen molar-refractivity contribution >= 4 is 33.7 Å². The van der Waals surface area contributed by atoms with Crippen molar-refractivity contribution < 1.29 is 14.6 Å². The Morgan fingerprint density at radius 3 is 2.39 bits per heavy atom. The lowest BCUT2D eigenvalue weighted by molar-refractivity contribution is 0.0693. The highest BCUT2D eigenvalue weighted by atomic mass is 79.9. The van der Waals surface area contributed by atoms with E-state index in [-0.39, 0.29) is 0 Å². The number of halogens is 1. The maximum absolute atomic E-state index is 11.2. The molecule has 0 unspecified atom stereocenters. The largest absolute Gasteiger partial charge is 0.488 e. The molecule has 0 saturated carbocycles. The zero-order valence-corrected chi connectivity index (χ0v) is 19.6. The summed E-state index contributed by atoms with van der Waals surface area (Å²) in [4.78, 5) is 11.9. The Morgan fingerprint density at radius 2 is 1.61 bits per heavy atom. The average Bonchev–Trinajstić information content (AvgIpc) is 2.77. The monoisotopic (exact) mass is 496 g/mol. The van der Waals surface area contributed by atoms with E-state index in [1.165, 1.54) is 11.8 Å². The molecule has 2 aromatic carbocycles. The van der Waals surface area contributed by atoms with Crippen LogP contribution in [0, 0.1) is 11.8 Å². The van der Waals surface area contributed by atoms with E-state index in [0.717, 1.165) is 28.0 Å². The standard InChI is InChI=1S/C26H25BrO3S/c27-23-17-11-12-18-24(23)30-20-14-8-6-4-2-1-3-5-7-9-15-21-31-25-19-13-10-16-22(25)26(28)29/h2-5,8,10-14,16-19H,1,6-7,20-21H2,(H,28,29). The van der Waals surface area contributed by atoms with Gasteiger partial charge >= 0.3 is 5.97 Å². The van der Waals surface area contributed by atoms with E-state index in [0.29, 0.717) is 24.3 Å². The molecule has 3 nitrogen and oxygen atoms in total. The van der Waals surface area contributed by atoms with E-state index >= 15 is 0 Å². The zero-order chi connectivity index (χ0) is 22.2. The van der Waals surface area contributed by atoms with Crippen LogP contribution in [0.4, 0.5) is 0 Å². The van der Waals surface area contributed by atoms with Gasteiger partial charge in [0.1, 0.15) is 12.4 Å². The molecule has 2 aromatic rings. The van der Waals surface area contributed by atoms with Crippen LogP contribution in [0.5, 0.6) is 5.75 Å². The fraction of sp³-hybridized carbons (Fsp3) is 0.192. The molecule has 0 aliphatic heterocycles. The van der Waals surface area contributed by atoms with E-state index in [1.807, 2.05) is 42.5 Å². The minimum atomic E-state index is -0.906. The first-order valence-electron chi connectivity index (χ1n) is 9.91. The fourth-order valence-electron chi connectivity index (χ4n) is 2.46.